The van der Waals surface area contributed by atoms with Crippen LogP contribution >= 0.6 is 0 Å². The van der Waals surface area contributed by atoms with E-state index in [1.807, 2.05) is 6.92 Å². The van der Waals surface area contributed by atoms with Crippen LogP contribution in [0.2, 0.25) is 0 Å². The Labute approximate surface area is 163 Å². The van der Waals surface area contributed by atoms with E-state index >= 15 is 0 Å². The molecule has 0 aliphatic heterocycles. The average molecular weight is 399 g/mol. The molecule has 1 aromatic heterocycles. The van der Waals surface area contributed by atoms with Crippen molar-refractivity contribution >= 4 is 16.0 Å². The first-order chi connectivity index (χ1) is 12.8. The van der Waals surface area contributed by atoms with E-state index in [1.54, 1.807) is 6.07 Å². The van der Waals surface area contributed by atoms with Crippen LogP contribution in [0.15, 0.2) is 34.4 Å². The van der Waals surface area contributed by atoms with E-state index in [2.05, 4.69) is 57.9 Å². The van der Waals surface area contributed by atoms with Crippen LogP contribution < -0.4 is 15.4 Å². The van der Waals surface area contributed by atoms with E-state index < -0.39 is 10.0 Å². The zero-order valence-corrected chi connectivity index (χ0v) is 17.9. The first-order valence-electron chi connectivity index (χ1n) is 9.45. The maximum atomic E-state index is 12.1. The molecule has 9 heteroatoms. The fourth-order valence-corrected chi connectivity index (χ4v) is 3.68. The molecule has 0 amide bonds. The van der Waals surface area contributed by atoms with E-state index in [1.165, 1.54) is 18.5 Å². The standard InChI is InChI=1S/C18H34N6O2S/c1-6-20-18(22-12-13-24(15(2)3)16(4)5)21-10-11-23-27(25,26)17-8-7-9-19-14-17/h7-9,14-16,23H,6,10-13H2,1-5H3,(H2,20,21,22). The number of hydrogen-bond donors (Lipinski definition) is 3. The van der Waals surface area contributed by atoms with Crippen LogP contribution in [-0.2, 0) is 10.0 Å². The van der Waals surface area contributed by atoms with Gasteiger partial charge in [-0.15, -0.1) is 0 Å². The molecule has 1 heterocycles. The maximum absolute atomic E-state index is 12.1. The third kappa shape index (κ3) is 8.68. The predicted octanol–water partition coefficient (Wildman–Crippen LogP) is 1.03. The Morgan fingerprint density at radius 2 is 1.89 bits per heavy atom. The third-order valence-electron chi connectivity index (χ3n) is 3.95. The normalized spacial score (nSPS) is 12.8. The van der Waals surface area contributed by atoms with Crippen molar-refractivity contribution in [2.75, 3.05) is 32.7 Å². The number of nitrogens with one attached hydrogen (secondary N) is 3. The van der Waals surface area contributed by atoms with E-state index in [0.29, 0.717) is 24.6 Å². The summed E-state index contributed by atoms with van der Waals surface area (Å²) >= 11 is 0. The van der Waals surface area contributed by atoms with Gasteiger partial charge in [0.25, 0.3) is 0 Å². The molecule has 0 radical (unpaired) electrons. The summed E-state index contributed by atoms with van der Waals surface area (Å²) < 4.78 is 26.8. The second kappa shape index (κ2) is 11.9. The lowest BCUT2D eigenvalue weighted by Crippen LogP contribution is -2.45. The van der Waals surface area contributed by atoms with Gasteiger partial charge in [0.1, 0.15) is 4.90 Å². The minimum Gasteiger partial charge on any atom is -0.357 e. The maximum Gasteiger partial charge on any atom is 0.242 e. The van der Waals surface area contributed by atoms with Gasteiger partial charge in [0.15, 0.2) is 5.96 Å². The van der Waals surface area contributed by atoms with Crippen LogP contribution in [0.3, 0.4) is 0 Å². The van der Waals surface area contributed by atoms with Crippen molar-refractivity contribution in [3.63, 3.8) is 0 Å². The van der Waals surface area contributed by atoms with Crippen molar-refractivity contribution in [2.45, 2.75) is 51.6 Å². The van der Waals surface area contributed by atoms with Gasteiger partial charge in [0.2, 0.25) is 10.0 Å². The van der Waals surface area contributed by atoms with Gasteiger partial charge in [0.05, 0.1) is 6.54 Å². The first-order valence-corrected chi connectivity index (χ1v) is 10.9. The number of rotatable bonds is 11. The molecule has 0 fully saturated rings. The highest BCUT2D eigenvalue weighted by molar-refractivity contribution is 7.89. The Morgan fingerprint density at radius 1 is 1.19 bits per heavy atom. The summed E-state index contributed by atoms with van der Waals surface area (Å²) in [5, 5.41) is 6.48. The summed E-state index contributed by atoms with van der Waals surface area (Å²) in [7, 11) is -3.55. The van der Waals surface area contributed by atoms with Crippen LogP contribution in [-0.4, -0.2) is 69.1 Å². The number of hydrogen-bond acceptors (Lipinski definition) is 5. The van der Waals surface area contributed by atoms with Crippen LogP contribution in [0.1, 0.15) is 34.6 Å². The van der Waals surface area contributed by atoms with E-state index in [-0.39, 0.29) is 11.4 Å². The van der Waals surface area contributed by atoms with Crippen molar-refractivity contribution < 1.29 is 8.42 Å². The molecule has 0 aromatic carbocycles. The smallest absolute Gasteiger partial charge is 0.242 e. The zero-order chi connectivity index (χ0) is 20.3. The summed E-state index contributed by atoms with van der Waals surface area (Å²) in [5.41, 5.74) is 0. The minimum absolute atomic E-state index is 0.154. The molecule has 0 saturated heterocycles. The first kappa shape index (κ1) is 23.3. The Kier molecular flexibility index (Phi) is 10.3. The highest BCUT2D eigenvalue weighted by atomic mass is 32.2. The van der Waals surface area contributed by atoms with Gasteiger partial charge in [0, 0.05) is 50.7 Å². The molecule has 8 nitrogen and oxygen atoms in total. The summed E-state index contributed by atoms with van der Waals surface area (Å²) in [6, 6.07) is 4.07. The molecule has 1 aromatic rings. The molecule has 0 atom stereocenters. The molecule has 0 unspecified atom stereocenters. The van der Waals surface area contributed by atoms with E-state index in [4.69, 9.17) is 0 Å². The van der Waals surface area contributed by atoms with Crippen LogP contribution in [0.25, 0.3) is 0 Å². The fraction of sp³-hybridized carbons (Fsp3) is 0.667. The molecule has 154 valence electrons. The molecular weight excluding hydrogens is 364 g/mol. The molecule has 0 aliphatic carbocycles. The van der Waals surface area contributed by atoms with Crippen molar-refractivity contribution in [1.29, 1.82) is 0 Å². The van der Waals surface area contributed by atoms with Gasteiger partial charge in [-0.3, -0.25) is 14.9 Å². The molecule has 1 rings (SSSR count). The van der Waals surface area contributed by atoms with E-state index in [0.717, 1.165) is 19.6 Å². The summed E-state index contributed by atoms with van der Waals surface area (Å²) in [6.45, 7) is 13.7. The zero-order valence-electron chi connectivity index (χ0n) is 17.1. The Balaban J connectivity index is 2.49. The molecular formula is C18H34N6O2S. The molecule has 0 spiro atoms. The number of pyridine rings is 1. The van der Waals surface area contributed by atoms with Crippen LogP contribution in [0, 0.1) is 0 Å². The topological polar surface area (TPSA) is 98.7 Å². The minimum atomic E-state index is -3.55. The Bertz CT molecular complexity index is 654. The molecule has 3 N–H and O–H groups in total. The number of aliphatic imine (C=N–C) groups is 1. The lowest BCUT2D eigenvalue weighted by atomic mass is 10.2. The number of nitrogens with zero attached hydrogens (tertiary/aromatic N) is 3. The Morgan fingerprint density at radius 3 is 2.44 bits per heavy atom. The van der Waals surface area contributed by atoms with Crippen molar-refractivity contribution in [1.82, 2.24) is 25.2 Å². The largest absolute Gasteiger partial charge is 0.357 e. The predicted molar refractivity (Wildman–Crippen MR) is 110 cm³/mol. The SMILES string of the molecule is CCNC(=NCCNS(=O)(=O)c1cccnc1)NCCN(C(C)C)C(C)C. The highest BCUT2D eigenvalue weighted by Gasteiger charge is 2.13. The number of sulfonamides is 1. The van der Waals surface area contributed by atoms with Crippen molar-refractivity contribution in [2.24, 2.45) is 4.99 Å². The Hall–Kier alpha value is -1.71. The van der Waals surface area contributed by atoms with Gasteiger partial charge < -0.3 is 10.6 Å². The van der Waals surface area contributed by atoms with Gasteiger partial charge >= 0.3 is 0 Å². The van der Waals surface area contributed by atoms with Gasteiger partial charge in [-0.25, -0.2) is 13.1 Å². The van der Waals surface area contributed by atoms with Gasteiger partial charge in [-0.05, 0) is 46.8 Å². The fourth-order valence-electron chi connectivity index (χ4n) is 2.69. The lowest BCUT2D eigenvalue weighted by molar-refractivity contribution is 0.178. The van der Waals surface area contributed by atoms with Crippen LogP contribution in [0.5, 0.6) is 0 Å². The van der Waals surface area contributed by atoms with Crippen molar-refractivity contribution in [3.05, 3.63) is 24.5 Å². The second-order valence-electron chi connectivity index (χ2n) is 6.70. The van der Waals surface area contributed by atoms with Crippen LogP contribution in [0.4, 0.5) is 0 Å². The molecule has 0 saturated carbocycles. The lowest BCUT2D eigenvalue weighted by Gasteiger charge is -2.30. The molecule has 0 bridgehead atoms. The summed E-state index contributed by atoms with van der Waals surface area (Å²) in [4.78, 5) is 10.8. The molecule has 27 heavy (non-hydrogen) atoms. The third-order valence-corrected chi connectivity index (χ3v) is 5.40. The molecule has 0 aliphatic rings. The quantitative estimate of drug-likeness (QED) is 0.293. The summed E-state index contributed by atoms with van der Waals surface area (Å²) in [6.07, 6.45) is 2.86. The summed E-state index contributed by atoms with van der Waals surface area (Å²) in [5.74, 6) is 0.686. The van der Waals surface area contributed by atoms with E-state index in [9.17, 15) is 8.42 Å². The average Bonchev–Trinajstić information content (AvgIpc) is 2.62. The monoisotopic (exact) mass is 398 g/mol. The number of aromatic nitrogens is 1. The van der Waals surface area contributed by atoms with Crippen molar-refractivity contribution in [3.8, 4) is 0 Å². The highest BCUT2D eigenvalue weighted by Crippen LogP contribution is 2.04. The number of guanidine groups is 1. The van der Waals surface area contributed by atoms with Gasteiger partial charge in [-0.1, -0.05) is 0 Å². The van der Waals surface area contributed by atoms with Gasteiger partial charge in [-0.2, -0.15) is 0 Å². The second-order valence-corrected chi connectivity index (χ2v) is 8.47.